The SMILES string of the molecule is CC(C)C[C@@H](NCc1cccc(NC(=O)CCCCCCC(=O)NO)c1)C(=O)O. The predicted octanol–water partition coefficient (Wildman–Crippen LogP) is 3.06. The van der Waals surface area contributed by atoms with E-state index in [-0.39, 0.29) is 18.2 Å². The lowest BCUT2D eigenvalue weighted by molar-refractivity contribution is -0.140. The molecule has 29 heavy (non-hydrogen) atoms. The molecule has 0 radical (unpaired) electrons. The number of nitrogens with one attached hydrogen (secondary N) is 3. The quantitative estimate of drug-likeness (QED) is 0.183. The van der Waals surface area contributed by atoms with Crippen LogP contribution in [0.25, 0.3) is 0 Å². The topological polar surface area (TPSA) is 128 Å². The molecule has 8 heteroatoms. The number of amides is 2. The van der Waals surface area contributed by atoms with E-state index in [1.807, 2.05) is 32.0 Å². The van der Waals surface area contributed by atoms with Gasteiger partial charge in [-0.2, -0.15) is 0 Å². The molecule has 0 aliphatic rings. The highest BCUT2D eigenvalue weighted by atomic mass is 16.5. The molecular formula is C21H33N3O5. The zero-order valence-electron chi connectivity index (χ0n) is 17.2. The van der Waals surface area contributed by atoms with Crippen LogP contribution in [-0.2, 0) is 20.9 Å². The largest absolute Gasteiger partial charge is 0.480 e. The van der Waals surface area contributed by atoms with Gasteiger partial charge in [-0.1, -0.05) is 38.8 Å². The van der Waals surface area contributed by atoms with Gasteiger partial charge >= 0.3 is 5.97 Å². The minimum atomic E-state index is -0.861. The minimum Gasteiger partial charge on any atom is -0.480 e. The van der Waals surface area contributed by atoms with Crippen molar-refractivity contribution in [2.24, 2.45) is 5.92 Å². The van der Waals surface area contributed by atoms with E-state index in [1.165, 1.54) is 0 Å². The van der Waals surface area contributed by atoms with E-state index < -0.39 is 17.9 Å². The van der Waals surface area contributed by atoms with E-state index in [0.717, 1.165) is 24.8 Å². The van der Waals surface area contributed by atoms with Crippen LogP contribution in [-0.4, -0.2) is 34.1 Å². The molecule has 1 aromatic rings. The molecule has 1 rings (SSSR count). The highest BCUT2D eigenvalue weighted by Crippen LogP contribution is 2.13. The summed E-state index contributed by atoms with van der Waals surface area (Å²) < 4.78 is 0. The highest BCUT2D eigenvalue weighted by molar-refractivity contribution is 5.90. The molecule has 0 bridgehead atoms. The molecule has 0 unspecified atom stereocenters. The summed E-state index contributed by atoms with van der Waals surface area (Å²) in [5.41, 5.74) is 3.19. The molecule has 0 fully saturated rings. The Kier molecular flexibility index (Phi) is 11.6. The number of carboxylic acid groups (broad SMARTS) is 1. The number of carboxylic acids is 1. The minimum absolute atomic E-state index is 0.0774. The molecule has 2 amide bonds. The number of hydroxylamine groups is 1. The number of anilines is 1. The number of unbranched alkanes of at least 4 members (excludes halogenated alkanes) is 3. The summed E-state index contributed by atoms with van der Waals surface area (Å²) in [5.74, 6) is -1.05. The smallest absolute Gasteiger partial charge is 0.320 e. The first kappa shape index (κ1) is 24.6. The van der Waals surface area contributed by atoms with Gasteiger partial charge in [0.1, 0.15) is 6.04 Å². The van der Waals surface area contributed by atoms with Gasteiger partial charge in [0.05, 0.1) is 0 Å². The van der Waals surface area contributed by atoms with Crippen molar-refractivity contribution in [2.45, 2.75) is 71.4 Å². The van der Waals surface area contributed by atoms with Crippen molar-refractivity contribution in [3.63, 3.8) is 0 Å². The second kappa shape index (κ2) is 13.7. The summed E-state index contributed by atoms with van der Waals surface area (Å²) in [6, 6.07) is 6.76. The van der Waals surface area contributed by atoms with Crippen molar-refractivity contribution in [3.8, 4) is 0 Å². The van der Waals surface area contributed by atoms with Gasteiger partial charge in [0.25, 0.3) is 0 Å². The van der Waals surface area contributed by atoms with Crippen LogP contribution in [0.3, 0.4) is 0 Å². The van der Waals surface area contributed by atoms with Crippen molar-refractivity contribution < 1.29 is 24.7 Å². The highest BCUT2D eigenvalue weighted by Gasteiger charge is 2.18. The Balaban J connectivity index is 2.37. The van der Waals surface area contributed by atoms with Crippen molar-refractivity contribution >= 4 is 23.5 Å². The van der Waals surface area contributed by atoms with Gasteiger partial charge in [0.15, 0.2) is 0 Å². The van der Waals surface area contributed by atoms with E-state index in [1.54, 1.807) is 11.5 Å². The third kappa shape index (κ3) is 11.2. The molecule has 1 aromatic carbocycles. The Labute approximate surface area is 172 Å². The van der Waals surface area contributed by atoms with Gasteiger partial charge in [0, 0.05) is 25.1 Å². The predicted molar refractivity (Wildman–Crippen MR) is 110 cm³/mol. The zero-order chi connectivity index (χ0) is 21.6. The lowest BCUT2D eigenvalue weighted by atomic mass is 10.0. The van der Waals surface area contributed by atoms with Crippen LogP contribution in [0.2, 0.25) is 0 Å². The van der Waals surface area contributed by atoms with Gasteiger partial charge in [-0.15, -0.1) is 0 Å². The van der Waals surface area contributed by atoms with Gasteiger partial charge in [0.2, 0.25) is 11.8 Å². The molecule has 0 spiro atoms. The van der Waals surface area contributed by atoms with Crippen LogP contribution in [0.15, 0.2) is 24.3 Å². The number of benzene rings is 1. The van der Waals surface area contributed by atoms with Gasteiger partial charge in [-0.3, -0.25) is 19.6 Å². The maximum atomic E-state index is 12.1. The van der Waals surface area contributed by atoms with E-state index in [9.17, 15) is 19.5 Å². The number of hydrogen-bond acceptors (Lipinski definition) is 5. The van der Waals surface area contributed by atoms with Gasteiger partial charge < -0.3 is 15.7 Å². The molecule has 0 saturated carbocycles. The Bertz CT molecular complexity index is 663. The Hall–Kier alpha value is -2.45. The molecule has 0 aromatic heterocycles. The second-order valence-electron chi connectivity index (χ2n) is 7.60. The summed E-state index contributed by atoms with van der Waals surface area (Å²) in [7, 11) is 0. The number of carbonyl (C=O) groups is 3. The van der Waals surface area contributed by atoms with E-state index in [4.69, 9.17) is 5.21 Å². The standard InChI is InChI=1S/C21H33N3O5/c1-15(2)12-18(21(27)28)22-14-16-8-7-9-17(13-16)23-19(25)10-5-3-4-6-11-20(26)24-29/h7-9,13,15,18,22,29H,3-6,10-12,14H2,1-2H3,(H,23,25)(H,24,26)(H,27,28)/t18-/m1/s1. The summed E-state index contributed by atoms with van der Waals surface area (Å²) >= 11 is 0. The fourth-order valence-electron chi connectivity index (χ4n) is 2.95. The van der Waals surface area contributed by atoms with Crippen LogP contribution in [0, 0.1) is 5.92 Å². The number of rotatable bonds is 14. The molecule has 0 aliphatic heterocycles. The van der Waals surface area contributed by atoms with E-state index >= 15 is 0 Å². The molecule has 162 valence electrons. The summed E-state index contributed by atoms with van der Waals surface area (Å²) in [6.07, 6.45) is 4.29. The molecule has 0 aliphatic carbocycles. The van der Waals surface area contributed by atoms with Gasteiger partial charge in [-0.05, 0) is 42.9 Å². The van der Waals surface area contributed by atoms with Crippen molar-refractivity contribution in [3.05, 3.63) is 29.8 Å². The molecule has 0 heterocycles. The Morgan fingerprint density at radius 3 is 2.24 bits per heavy atom. The summed E-state index contributed by atoms with van der Waals surface area (Å²) in [5, 5.41) is 23.6. The average Bonchev–Trinajstić information content (AvgIpc) is 2.67. The Morgan fingerprint density at radius 1 is 1.00 bits per heavy atom. The molecule has 1 atom stereocenters. The average molecular weight is 408 g/mol. The summed E-state index contributed by atoms with van der Waals surface area (Å²) in [4.78, 5) is 34.3. The molecule has 5 N–H and O–H groups in total. The monoisotopic (exact) mass is 407 g/mol. The second-order valence-corrected chi connectivity index (χ2v) is 7.60. The first-order valence-corrected chi connectivity index (χ1v) is 10.1. The van der Waals surface area contributed by atoms with Crippen LogP contribution in [0.1, 0.15) is 64.4 Å². The van der Waals surface area contributed by atoms with Gasteiger partial charge in [-0.25, -0.2) is 5.48 Å². The fraction of sp³-hybridized carbons (Fsp3) is 0.571. The normalized spacial score (nSPS) is 11.9. The first-order chi connectivity index (χ1) is 13.8. The number of hydrogen-bond donors (Lipinski definition) is 5. The maximum Gasteiger partial charge on any atom is 0.320 e. The van der Waals surface area contributed by atoms with Crippen molar-refractivity contribution in [1.29, 1.82) is 0 Å². The maximum absolute atomic E-state index is 12.1. The Morgan fingerprint density at radius 2 is 1.66 bits per heavy atom. The molecular weight excluding hydrogens is 374 g/mol. The third-order valence-corrected chi connectivity index (χ3v) is 4.45. The zero-order valence-corrected chi connectivity index (χ0v) is 17.2. The first-order valence-electron chi connectivity index (χ1n) is 10.1. The van der Waals surface area contributed by atoms with Crippen molar-refractivity contribution in [1.82, 2.24) is 10.8 Å². The van der Waals surface area contributed by atoms with E-state index in [2.05, 4.69) is 10.6 Å². The molecule has 8 nitrogen and oxygen atoms in total. The third-order valence-electron chi connectivity index (χ3n) is 4.45. The van der Waals surface area contributed by atoms with Crippen LogP contribution in [0.5, 0.6) is 0 Å². The number of aliphatic carboxylic acids is 1. The van der Waals surface area contributed by atoms with Crippen LogP contribution >= 0.6 is 0 Å². The van der Waals surface area contributed by atoms with Crippen LogP contribution in [0.4, 0.5) is 5.69 Å². The lowest BCUT2D eigenvalue weighted by Gasteiger charge is -2.16. The number of carbonyl (C=O) groups excluding carboxylic acids is 2. The lowest BCUT2D eigenvalue weighted by Crippen LogP contribution is -2.37. The van der Waals surface area contributed by atoms with E-state index in [0.29, 0.717) is 31.5 Å². The van der Waals surface area contributed by atoms with Crippen LogP contribution < -0.4 is 16.1 Å². The summed E-state index contributed by atoms with van der Waals surface area (Å²) in [6.45, 7) is 4.38. The molecule has 0 saturated heterocycles. The fourth-order valence-corrected chi connectivity index (χ4v) is 2.95. The van der Waals surface area contributed by atoms with Crippen molar-refractivity contribution in [2.75, 3.05) is 5.32 Å².